The van der Waals surface area contributed by atoms with Gasteiger partial charge >= 0.3 is 0 Å². The van der Waals surface area contributed by atoms with Crippen molar-refractivity contribution in [2.75, 3.05) is 6.61 Å². The van der Waals surface area contributed by atoms with Crippen LogP contribution in [0.15, 0.2) is 83.3 Å². The second kappa shape index (κ2) is 7.80. The molecule has 0 aromatic heterocycles. The van der Waals surface area contributed by atoms with E-state index < -0.39 is 0 Å². The average Bonchev–Trinajstić information content (AvgIpc) is 2.72. The van der Waals surface area contributed by atoms with Crippen LogP contribution in [0.1, 0.15) is 5.56 Å². The van der Waals surface area contributed by atoms with Gasteiger partial charge < -0.3 is 10.1 Å². The van der Waals surface area contributed by atoms with Gasteiger partial charge in [0.15, 0.2) is 6.61 Å². The Morgan fingerprint density at radius 3 is 2.30 bits per heavy atom. The van der Waals surface area contributed by atoms with Crippen LogP contribution in [0.3, 0.4) is 0 Å². The number of benzene rings is 4. The molecule has 0 radical (unpaired) electrons. The Hall–Kier alpha value is -2.85. The van der Waals surface area contributed by atoms with Gasteiger partial charge in [-0.05, 0) is 49.1 Å². The van der Waals surface area contributed by atoms with Crippen molar-refractivity contribution >= 4 is 43.4 Å². The molecule has 4 aromatic rings. The zero-order valence-electron chi connectivity index (χ0n) is 14.6. The summed E-state index contributed by atoms with van der Waals surface area (Å²) in [6, 6.07) is 26.2. The Balaban J connectivity index is 1.41. The fourth-order valence-electron chi connectivity index (χ4n) is 3.16. The van der Waals surface area contributed by atoms with E-state index in [1.807, 2.05) is 60.7 Å². The second-order valence-electron chi connectivity index (χ2n) is 6.30. The molecule has 0 saturated carbocycles. The predicted octanol–water partition coefficient (Wildman–Crippen LogP) is 5.45. The van der Waals surface area contributed by atoms with Crippen LogP contribution in [0, 0.1) is 0 Å². The lowest BCUT2D eigenvalue weighted by atomic mass is 10.0. The molecule has 0 bridgehead atoms. The summed E-state index contributed by atoms with van der Waals surface area (Å²) in [6.07, 6.45) is 0. The molecule has 0 unspecified atom stereocenters. The molecule has 1 N–H and O–H groups in total. The number of nitrogens with one attached hydrogen (secondary N) is 1. The summed E-state index contributed by atoms with van der Waals surface area (Å²) >= 11 is 3.58. The van der Waals surface area contributed by atoms with Gasteiger partial charge in [0.05, 0.1) is 4.47 Å². The van der Waals surface area contributed by atoms with Crippen LogP contribution in [-0.2, 0) is 11.3 Å². The minimum absolute atomic E-state index is 0.0261. The van der Waals surface area contributed by atoms with Crippen molar-refractivity contribution in [2.24, 2.45) is 0 Å². The molecule has 0 aliphatic rings. The Morgan fingerprint density at radius 1 is 0.815 bits per heavy atom. The van der Waals surface area contributed by atoms with E-state index in [4.69, 9.17) is 4.74 Å². The SMILES string of the molecule is O=C(COc1ccc2ccccc2c1Br)NCc1cccc2ccccc12. The van der Waals surface area contributed by atoms with Crippen LogP contribution in [-0.4, -0.2) is 12.5 Å². The van der Waals surface area contributed by atoms with Crippen molar-refractivity contribution in [3.8, 4) is 5.75 Å². The summed E-state index contributed by atoms with van der Waals surface area (Å²) in [5.74, 6) is 0.511. The monoisotopic (exact) mass is 419 g/mol. The van der Waals surface area contributed by atoms with Crippen LogP contribution in [0.5, 0.6) is 5.75 Å². The third-order valence-electron chi connectivity index (χ3n) is 4.54. The van der Waals surface area contributed by atoms with Gasteiger partial charge in [-0.25, -0.2) is 0 Å². The van der Waals surface area contributed by atoms with Gasteiger partial charge in [0.25, 0.3) is 5.91 Å². The van der Waals surface area contributed by atoms with E-state index in [0.29, 0.717) is 12.3 Å². The summed E-state index contributed by atoms with van der Waals surface area (Å²) in [7, 11) is 0. The minimum Gasteiger partial charge on any atom is -0.483 e. The number of carbonyl (C=O) groups excluding carboxylic acids is 1. The maximum absolute atomic E-state index is 12.2. The summed E-state index contributed by atoms with van der Waals surface area (Å²) in [5.41, 5.74) is 1.09. The van der Waals surface area contributed by atoms with Gasteiger partial charge in [-0.1, -0.05) is 72.8 Å². The van der Waals surface area contributed by atoms with E-state index in [-0.39, 0.29) is 12.5 Å². The van der Waals surface area contributed by atoms with Gasteiger partial charge in [-0.3, -0.25) is 4.79 Å². The van der Waals surface area contributed by atoms with Crippen LogP contribution in [0.2, 0.25) is 0 Å². The second-order valence-corrected chi connectivity index (χ2v) is 7.10. The van der Waals surface area contributed by atoms with Gasteiger partial charge in [0, 0.05) is 6.54 Å². The van der Waals surface area contributed by atoms with Gasteiger partial charge in [-0.2, -0.15) is 0 Å². The molecule has 0 aliphatic carbocycles. The fourth-order valence-corrected chi connectivity index (χ4v) is 3.77. The number of amides is 1. The lowest BCUT2D eigenvalue weighted by molar-refractivity contribution is -0.123. The van der Waals surface area contributed by atoms with Crippen molar-refractivity contribution in [3.63, 3.8) is 0 Å². The van der Waals surface area contributed by atoms with E-state index in [1.54, 1.807) is 0 Å². The molecule has 3 nitrogen and oxygen atoms in total. The highest BCUT2D eigenvalue weighted by Crippen LogP contribution is 2.32. The summed E-state index contributed by atoms with van der Waals surface area (Å²) in [5, 5.41) is 7.44. The first-order chi connectivity index (χ1) is 13.2. The molecular weight excluding hydrogens is 402 g/mol. The lowest BCUT2D eigenvalue weighted by Gasteiger charge is -2.11. The maximum atomic E-state index is 12.2. The molecule has 0 heterocycles. The number of fused-ring (bicyclic) bond motifs is 2. The Bertz CT molecular complexity index is 1120. The quantitative estimate of drug-likeness (QED) is 0.466. The standard InChI is InChI=1S/C23H18BrNO2/c24-23-20-11-4-2-7-17(20)12-13-21(23)27-15-22(26)25-14-18-9-5-8-16-6-1-3-10-19(16)18/h1-13H,14-15H2,(H,25,26). The van der Waals surface area contributed by atoms with E-state index in [1.165, 1.54) is 5.39 Å². The highest BCUT2D eigenvalue weighted by Gasteiger charge is 2.09. The molecular formula is C23H18BrNO2. The number of halogens is 1. The van der Waals surface area contributed by atoms with Gasteiger partial charge in [0.1, 0.15) is 5.75 Å². The normalized spacial score (nSPS) is 10.9. The van der Waals surface area contributed by atoms with Crippen molar-refractivity contribution in [2.45, 2.75) is 6.54 Å². The summed E-state index contributed by atoms with van der Waals surface area (Å²) in [4.78, 5) is 12.2. The zero-order chi connectivity index (χ0) is 18.6. The van der Waals surface area contributed by atoms with Crippen molar-refractivity contribution in [3.05, 3.63) is 88.9 Å². The molecule has 4 aromatic carbocycles. The molecule has 0 atom stereocenters. The van der Waals surface area contributed by atoms with Crippen molar-refractivity contribution < 1.29 is 9.53 Å². The first kappa shape index (κ1) is 17.6. The van der Waals surface area contributed by atoms with Crippen LogP contribution in [0.25, 0.3) is 21.5 Å². The predicted molar refractivity (Wildman–Crippen MR) is 113 cm³/mol. The topological polar surface area (TPSA) is 38.3 Å². The lowest BCUT2D eigenvalue weighted by Crippen LogP contribution is -2.28. The Morgan fingerprint density at radius 2 is 1.48 bits per heavy atom. The number of hydrogen-bond acceptors (Lipinski definition) is 2. The van der Waals surface area contributed by atoms with Crippen molar-refractivity contribution in [1.29, 1.82) is 0 Å². The molecule has 4 heteroatoms. The molecule has 0 saturated heterocycles. The van der Waals surface area contributed by atoms with E-state index in [9.17, 15) is 4.79 Å². The van der Waals surface area contributed by atoms with Gasteiger partial charge in [-0.15, -0.1) is 0 Å². The zero-order valence-corrected chi connectivity index (χ0v) is 16.2. The molecule has 27 heavy (non-hydrogen) atoms. The van der Waals surface area contributed by atoms with E-state index in [0.717, 1.165) is 26.2 Å². The third-order valence-corrected chi connectivity index (χ3v) is 5.36. The number of carbonyl (C=O) groups is 1. The molecule has 0 fully saturated rings. The molecule has 0 aliphatic heterocycles. The van der Waals surface area contributed by atoms with Crippen LogP contribution < -0.4 is 10.1 Å². The van der Waals surface area contributed by atoms with Crippen LogP contribution in [0.4, 0.5) is 0 Å². The Labute approximate surface area is 166 Å². The van der Waals surface area contributed by atoms with Crippen LogP contribution >= 0.6 is 15.9 Å². The highest BCUT2D eigenvalue weighted by atomic mass is 79.9. The first-order valence-corrected chi connectivity index (χ1v) is 9.55. The number of ether oxygens (including phenoxy) is 1. The summed E-state index contributed by atoms with van der Waals surface area (Å²) in [6.45, 7) is 0.449. The fraction of sp³-hybridized carbons (Fsp3) is 0.0870. The first-order valence-electron chi connectivity index (χ1n) is 8.76. The number of hydrogen-bond donors (Lipinski definition) is 1. The highest BCUT2D eigenvalue weighted by molar-refractivity contribution is 9.10. The molecule has 0 spiro atoms. The minimum atomic E-state index is -0.150. The molecule has 4 rings (SSSR count). The number of rotatable bonds is 5. The van der Waals surface area contributed by atoms with Gasteiger partial charge in [0.2, 0.25) is 0 Å². The smallest absolute Gasteiger partial charge is 0.258 e. The van der Waals surface area contributed by atoms with E-state index in [2.05, 4.69) is 39.4 Å². The average molecular weight is 420 g/mol. The van der Waals surface area contributed by atoms with E-state index >= 15 is 0 Å². The summed E-state index contributed by atoms with van der Waals surface area (Å²) < 4.78 is 6.59. The molecule has 1 amide bonds. The largest absolute Gasteiger partial charge is 0.483 e. The Kier molecular flexibility index (Phi) is 5.07. The molecule has 134 valence electrons. The maximum Gasteiger partial charge on any atom is 0.258 e. The van der Waals surface area contributed by atoms with Crippen molar-refractivity contribution in [1.82, 2.24) is 5.32 Å². The third kappa shape index (κ3) is 3.81.